The number of phenolic OH excluding ortho intramolecular Hbond substituents is 1. The number of hydrogen-bond acceptors (Lipinski definition) is 5. The maximum Gasteiger partial charge on any atom is 0.128 e. The monoisotopic (exact) mass is 493 g/mol. The quantitative estimate of drug-likeness (QED) is 0.222. The Morgan fingerprint density at radius 1 is 1.00 bits per heavy atom. The normalized spacial score (nSPS) is 12.1. The van der Waals surface area contributed by atoms with Gasteiger partial charge in [0.05, 0.1) is 16.6 Å². The minimum atomic E-state index is 0.278. The van der Waals surface area contributed by atoms with E-state index in [4.69, 9.17) is 16.6 Å². The van der Waals surface area contributed by atoms with Crippen molar-refractivity contribution in [3.63, 3.8) is 0 Å². The zero-order valence-corrected chi connectivity index (χ0v) is 21.1. The number of halogens is 1. The Kier molecular flexibility index (Phi) is 7.51. The molecule has 2 N–H and O–H groups in total. The number of phenols is 1. The smallest absolute Gasteiger partial charge is 0.128 e. The second-order valence-corrected chi connectivity index (χ2v) is 9.33. The second kappa shape index (κ2) is 10.6. The number of aromatic hydroxyl groups is 1. The van der Waals surface area contributed by atoms with Crippen molar-refractivity contribution in [2.45, 2.75) is 25.3 Å². The number of rotatable bonds is 7. The van der Waals surface area contributed by atoms with Crippen LogP contribution in [-0.2, 0) is 6.54 Å². The Balaban J connectivity index is 1.92. The van der Waals surface area contributed by atoms with E-state index in [1.54, 1.807) is 36.2 Å². The van der Waals surface area contributed by atoms with E-state index in [0.717, 1.165) is 45.6 Å². The van der Waals surface area contributed by atoms with Crippen LogP contribution in [0.4, 0.5) is 5.69 Å². The molecule has 7 heteroatoms. The molecule has 0 amide bonds. The molecule has 0 atom stereocenters. The molecular weight excluding hydrogens is 466 g/mol. The number of fused-ring (bicyclic) bond motifs is 1. The van der Waals surface area contributed by atoms with Crippen LogP contribution in [-0.4, -0.2) is 39.3 Å². The van der Waals surface area contributed by atoms with Gasteiger partial charge in [0.25, 0.3) is 0 Å². The molecule has 34 heavy (non-hydrogen) atoms. The van der Waals surface area contributed by atoms with Crippen LogP contribution in [0, 0.1) is 0 Å². The molecule has 0 bridgehead atoms. The highest BCUT2D eigenvalue weighted by atomic mass is 35.5. The lowest BCUT2D eigenvalue weighted by Gasteiger charge is -2.20. The molecule has 4 rings (SSSR count). The van der Waals surface area contributed by atoms with E-state index in [2.05, 4.69) is 30.9 Å². The van der Waals surface area contributed by atoms with Crippen molar-refractivity contribution in [1.82, 2.24) is 9.63 Å². The summed E-state index contributed by atoms with van der Waals surface area (Å²) in [5.41, 5.74) is 3.82. The fraction of sp³-hybridized carbons (Fsp3) is 0.222. The van der Waals surface area contributed by atoms with Gasteiger partial charge in [-0.2, -0.15) is 4.73 Å². The van der Waals surface area contributed by atoms with Crippen LogP contribution in [0.3, 0.4) is 0 Å². The summed E-state index contributed by atoms with van der Waals surface area (Å²) >= 11 is 7.82. The molecule has 0 saturated heterocycles. The van der Waals surface area contributed by atoms with Crippen LogP contribution in [0.5, 0.6) is 5.75 Å². The third-order valence-electron chi connectivity index (χ3n) is 5.97. The van der Waals surface area contributed by atoms with Crippen molar-refractivity contribution in [3.8, 4) is 16.9 Å². The second-order valence-electron chi connectivity index (χ2n) is 8.01. The minimum Gasteiger partial charge on any atom is -0.507 e. The molecule has 4 aromatic rings. The fourth-order valence-corrected chi connectivity index (χ4v) is 4.57. The Bertz CT molecular complexity index is 1380. The summed E-state index contributed by atoms with van der Waals surface area (Å²) in [6.07, 6.45) is 3.60. The SMILES string of the molecule is CCN(CC)Cc1cc(N=c2ccn(O)c3cc(Cl)ccc23)cc(-c2ccc(SC)cc2)c1O. The standard InChI is InChI=1S/C27H28ClN3O2S/c1-4-30(5-2)17-19-14-21(16-24(27(19)32)18-6-9-22(34-3)10-7-18)29-25-12-13-31(33)26-15-20(28)8-11-23(25)26/h6-16,32-33H,4-5,17H2,1-3H3. The largest absolute Gasteiger partial charge is 0.507 e. The van der Waals surface area contributed by atoms with Gasteiger partial charge in [0.1, 0.15) is 5.75 Å². The van der Waals surface area contributed by atoms with E-state index in [0.29, 0.717) is 22.4 Å². The van der Waals surface area contributed by atoms with E-state index >= 15 is 0 Å². The van der Waals surface area contributed by atoms with Crippen LogP contribution < -0.4 is 5.36 Å². The van der Waals surface area contributed by atoms with Gasteiger partial charge in [-0.1, -0.05) is 37.6 Å². The fourth-order valence-electron chi connectivity index (χ4n) is 4.00. The minimum absolute atomic E-state index is 0.278. The molecule has 1 aromatic heterocycles. The van der Waals surface area contributed by atoms with Crippen LogP contribution in [0.1, 0.15) is 19.4 Å². The first-order chi connectivity index (χ1) is 16.4. The van der Waals surface area contributed by atoms with Crippen molar-refractivity contribution in [2.24, 2.45) is 4.99 Å². The highest BCUT2D eigenvalue weighted by molar-refractivity contribution is 7.98. The number of thioether (sulfide) groups is 1. The number of aromatic nitrogens is 1. The van der Waals surface area contributed by atoms with E-state index in [-0.39, 0.29) is 5.75 Å². The lowest BCUT2D eigenvalue weighted by molar-refractivity contribution is 0.198. The Labute approximate surface area is 208 Å². The first kappa shape index (κ1) is 24.2. The van der Waals surface area contributed by atoms with Gasteiger partial charge in [-0.3, -0.25) is 4.90 Å². The van der Waals surface area contributed by atoms with Gasteiger partial charge in [0, 0.05) is 39.2 Å². The Morgan fingerprint density at radius 2 is 1.74 bits per heavy atom. The van der Waals surface area contributed by atoms with Gasteiger partial charge in [-0.05, 0) is 73.4 Å². The van der Waals surface area contributed by atoms with Gasteiger partial charge in [-0.15, -0.1) is 11.8 Å². The summed E-state index contributed by atoms with van der Waals surface area (Å²) in [6.45, 7) is 6.62. The molecule has 0 aliphatic carbocycles. The summed E-state index contributed by atoms with van der Waals surface area (Å²) in [4.78, 5) is 8.34. The lowest BCUT2D eigenvalue weighted by atomic mass is 10.00. The molecule has 5 nitrogen and oxygen atoms in total. The van der Waals surface area contributed by atoms with Crippen LogP contribution >= 0.6 is 23.4 Å². The summed E-state index contributed by atoms with van der Waals surface area (Å²) in [5, 5.41) is 23.5. The average molecular weight is 494 g/mol. The van der Waals surface area contributed by atoms with Crippen LogP contribution in [0.2, 0.25) is 5.02 Å². The number of benzene rings is 3. The molecule has 0 saturated carbocycles. The first-order valence-electron chi connectivity index (χ1n) is 11.2. The van der Waals surface area contributed by atoms with Crippen molar-refractivity contribution in [1.29, 1.82) is 0 Å². The molecule has 3 aromatic carbocycles. The van der Waals surface area contributed by atoms with Crippen LogP contribution in [0.15, 0.2) is 76.7 Å². The van der Waals surface area contributed by atoms with Crippen molar-refractivity contribution < 1.29 is 10.3 Å². The molecule has 0 radical (unpaired) electrons. The summed E-state index contributed by atoms with van der Waals surface area (Å²) in [7, 11) is 0. The maximum atomic E-state index is 11.2. The van der Waals surface area contributed by atoms with Gasteiger partial charge < -0.3 is 10.3 Å². The van der Waals surface area contributed by atoms with Crippen LogP contribution in [0.25, 0.3) is 22.0 Å². The number of nitrogens with zero attached hydrogens (tertiary/aromatic N) is 3. The Morgan fingerprint density at radius 3 is 2.41 bits per heavy atom. The molecular formula is C27H28ClN3O2S. The van der Waals surface area contributed by atoms with Gasteiger partial charge in [0.2, 0.25) is 0 Å². The van der Waals surface area contributed by atoms with Gasteiger partial charge in [0.15, 0.2) is 0 Å². The first-order valence-corrected chi connectivity index (χ1v) is 12.8. The van der Waals surface area contributed by atoms with E-state index < -0.39 is 0 Å². The molecule has 1 heterocycles. The number of pyridine rings is 1. The third-order valence-corrected chi connectivity index (χ3v) is 6.95. The summed E-state index contributed by atoms with van der Waals surface area (Å²) in [6, 6.07) is 19.1. The number of hydrogen-bond donors (Lipinski definition) is 2. The highest BCUT2D eigenvalue weighted by Gasteiger charge is 2.14. The summed E-state index contributed by atoms with van der Waals surface area (Å²) < 4.78 is 1.04. The average Bonchev–Trinajstić information content (AvgIpc) is 2.86. The van der Waals surface area contributed by atoms with Gasteiger partial charge >= 0.3 is 0 Å². The predicted molar refractivity (Wildman–Crippen MR) is 141 cm³/mol. The molecule has 176 valence electrons. The van der Waals surface area contributed by atoms with Gasteiger partial charge in [-0.25, -0.2) is 4.99 Å². The Hall–Kier alpha value is -2.93. The van der Waals surface area contributed by atoms with E-state index in [9.17, 15) is 10.3 Å². The predicted octanol–water partition coefficient (Wildman–Crippen LogP) is 6.70. The third kappa shape index (κ3) is 5.09. The van der Waals surface area contributed by atoms with Crippen molar-refractivity contribution in [3.05, 3.63) is 82.8 Å². The maximum absolute atomic E-state index is 11.2. The van der Waals surface area contributed by atoms with Crippen molar-refractivity contribution >= 4 is 40.0 Å². The molecule has 0 spiro atoms. The molecule has 0 aliphatic heterocycles. The molecule has 0 aliphatic rings. The lowest BCUT2D eigenvalue weighted by Crippen LogP contribution is -2.22. The summed E-state index contributed by atoms with van der Waals surface area (Å²) in [5.74, 6) is 0.278. The van der Waals surface area contributed by atoms with E-state index in [1.807, 2.05) is 36.6 Å². The zero-order chi connectivity index (χ0) is 24.2. The topological polar surface area (TPSA) is 61.0 Å². The van der Waals surface area contributed by atoms with E-state index in [1.165, 1.54) is 4.90 Å². The molecule has 0 unspecified atom stereocenters. The highest BCUT2D eigenvalue weighted by Crippen LogP contribution is 2.37. The zero-order valence-electron chi connectivity index (χ0n) is 19.5. The molecule has 0 fully saturated rings. The van der Waals surface area contributed by atoms with Crippen molar-refractivity contribution in [2.75, 3.05) is 19.3 Å².